The summed E-state index contributed by atoms with van der Waals surface area (Å²) < 4.78 is 5.12. The molecule has 0 unspecified atom stereocenters. The molecular formula is C10H18N2O2. The van der Waals surface area contributed by atoms with E-state index in [1.807, 2.05) is 20.8 Å². The van der Waals surface area contributed by atoms with Crippen molar-refractivity contribution in [3.63, 3.8) is 0 Å². The third-order valence-corrected chi connectivity index (χ3v) is 1.47. The largest absolute Gasteiger partial charge is 0.444 e. The van der Waals surface area contributed by atoms with E-state index in [9.17, 15) is 4.79 Å². The Morgan fingerprint density at radius 1 is 1.57 bits per heavy atom. The molecule has 0 aromatic rings. The summed E-state index contributed by atoms with van der Waals surface area (Å²) in [5, 5.41) is 8.57. The van der Waals surface area contributed by atoms with Crippen LogP contribution in [0.25, 0.3) is 0 Å². The molecule has 0 aliphatic heterocycles. The summed E-state index contributed by atoms with van der Waals surface area (Å²) in [6.07, 6.45) is -0.389. The SMILES string of the molecule is C[C@@H](C#N)CN(C)C(=O)OC(C)(C)C. The molecule has 0 aliphatic carbocycles. The van der Waals surface area contributed by atoms with Gasteiger partial charge in [0.1, 0.15) is 5.60 Å². The number of rotatable bonds is 2. The maximum atomic E-state index is 11.4. The third-order valence-electron chi connectivity index (χ3n) is 1.47. The van der Waals surface area contributed by atoms with Gasteiger partial charge >= 0.3 is 6.09 Å². The lowest BCUT2D eigenvalue weighted by molar-refractivity contribution is 0.0287. The van der Waals surface area contributed by atoms with E-state index in [1.54, 1.807) is 14.0 Å². The fourth-order valence-electron chi connectivity index (χ4n) is 0.866. The smallest absolute Gasteiger partial charge is 0.410 e. The van der Waals surface area contributed by atoms with E-state index < -0.39 is 5.60 Å². The van der Waals surface area contributed by atoms with E-state index in [4.69, 9.17) is 10.00 Å². The van der Waals surface area contributed by atoms with Crippen molar-refractivity contribution in [1.29, 1.82) is 5.26 Å². The van der Waals surface area contributed by atoms with Gasteiger partial charge in [-0.2, -0.15) is 5.26 Å². The number of hydrogen-bond donors (Lipinski definition) is 0. The van der Waals surface area contributed by atoms with Gasteiger partial charge in [0.05, 0.1) is 12.0 Å². The summed E-state index contributed by atoms with van der Waals surface area (Å²) in [7, 11) is 1.63. The predicted octanol–water partition coefficient (Wildman–Crippen LogP) is 2.01. The highest BCUT2D eigenvalue weighted by molar-refractivity contribution is 5.67. The topological polar surface area (TPSA) is 53.3 Å². The van der Waals surface area contributed by atoms with Gasteiger partial charge in [-0.25, -0.2) is 4.79 Å². The van der Waals surface area contributed by atoms with Gasteiger partial charge in [-0.3, -0.25) is 0 Å². The van der Waals surface area contributed by atoms with Crippen LogP contribution in [0.1, 0.15) is 27.7 Å². The zero-order valence-corrected chi connectivity index (χ0v) is 9.50. The summed E-state index contributed by atoms with van der Waals surface area (Å²) in [6, 6.07) is 2.06. The molecule has 1 amide bonds. The molecule has 0 radical (unpaired) electrons. The molecule has 0 heterocycles. The fourth-order valence-corrected chi connectivity index (χ4v) is 0.866. The second-order valence-electron chi connectivity index (χ2n) is 4.39. The Balaban J connectivity index is 4.08. The summed E-state index contributed by atoms with van der Waals surface area (Å²) >= 11 is 0. The molecule has 14 heavy (non-hydrogen) atoms. The predicted molar refractivity (Wildman–Crippen MR) is 53.6 cm³/mol. The van der Waals surface area contributed by atoms with Gasteiger partial charge in [0.2, 0.25) is 0 Å². The van der Waals surface area contributed by atoms with Crippen LogP contribution in [0.3, 0.4) is 0 Å². The lowest BCUT2D eigenvalue weighted by atomic mass is 10.2. The number of hydrogen-bond acceptors (Lipinski definition) is 3. The fraction of sp³-hybridized carbons (Fsp3) is 0.800. The number of nitrogens with zero attached hydrogens (tertiary/aromatic N) is 2. The Kier molecular flexibility index (Phi) is 4.42. The standard InChI is InChI=1S/C10H18N2O2/c1-8(6-11)7-12(5)9(13)14-10(2,3)4/h8H,7H2,1-5H3/t8-/m0/s1. The highest BCUT2D eigenvalue weighted by Gasteiger charge is 2.20. The molecule has 0 saturated heterocycles. The van der Waals surface area contributed by atoms with Gasteiger partial charge in [-0.1, -0.05) is 0 Å². The Hall–Kier alpha value is -1.24. The number of amides is 1. The zero-order chi connectivity index (χ0) is 11.4. The molecule has 4 nitrogen and oxygen atoms in total. The zero-order valence-electron chi connectivity index (χ0n) is 9.50. The van der Waals surface area contributed by atoms with Gasteiger partial charge in [0.15, 0.2) is 0 Å². The van der Waals surface area contributed by atoms with Crippen molar-refractivity contribution in [2.45, 2.75) is 33.3 Å². The molecule has 0 bridgehead atoms. The first-order valence-corrected chi connectivity index (χ1v) is 4.60. The quantitative estimate of drug-likeness (QED) is 0.682. The first kappa shape index (κ1) is 12.8. The summed E-state index contributed by atoms with van der Waals surface area (Å²) in [4.78, 5) is 12.8. The molecule has 0 rings (SSSR count). The van der Waals surface area contributed by atoms with Crippen molar-refractivity contribution in [1.82, 2.24) is 4.90 Å². The first-order chi connectivity index (χ1) is 6.26. The van der Waals surface area contributed by atoms with Crippen LogP contribution in [0, 0.1) is 17.2 Å². The lowest BCUT2D eigenvalue weighted by Gasteiger charge is -2.25. The van der Waals surface area contributed by atoms with Crippen molar-refractivity contribution >= 4 is 6.09 Å². The minimum atomic E-state index is -0.485. The van der Waals surface area contributed by atoms with Crippen LogP contribution in [0.5, 0.6) is 0 Å². The van der Waals surface area contributed by atoms with Crippen LogP contribution in [0.15, 0.2) is 0 Å². The Bertz CT molecular complexity index is 237. The van der Waals surface area contributed by atoms with Crippen LogP contribution in [-0.4, -0.2) is 30.2 Å². The maximum Gasteiger partial charge on any atom is 0.410 e. The normalized spacial score (nSPS) is 12.9. The molecule has 0 saturated carbocycles. The van der Waals surface area contributed by atoms with Crippen LogP contribution in [0.4, 0.5) is 4.79 Å². The van der Waals surface area contributed by atoms with E-state index in [0.717, 1.165) is 0 Å². The Morgan fingerprint density at radius 2 is 2.07 bits per heavy atom. The third kappa shape index (κ3) is 5.41. The van der Waals surface area contributed by atoms with Crippen LogP contribution in [-0.2, 0) is 4.74 Å². The Morgan fingerprint density at radius 3 is 2.43 bits per heavy atom. The maximum absolute atomic E-state index is 11.4. The highest BCUT2D eigenvalue weighted by atomic mass is 16.6. The van der Waals surface area contributed by atoms with Gasteiger partial charge in [-0.15, -0.1) is 0 Å². The molecule has 4 heteroatoms. The van der Waals surface area contributed by atoms with Crippen LogP contribution in [0.2, 0.25) is 0 Å². The molecule has 80 valence electrons. The van der Waals surface area contributed by atoms with E-state index in [2.05, 4.69) is 6.07 Å². The average Bonchev–Trinajstić information content (AvgIpc) is 2.00. The molecule has 0 N–H and O–H groups in total. The van der Waals surface area contributed by atoms with Crippen molar-refractivity contribution in [3.8, 4) is 6.07 Å². The van der Waals surface area contributed by atoms with Crippen molar-refractivity contribution in [2.24, 2.45) is 5.92 Å². The number of nitriles is 1. The van der Waals surface area contributed by atoms with E-state index in [0.29, 0.717) is 6.54 Å². The van der Waals surface area contributed by atoms with Gasteiger partial charge < -0.3 is 9.64 Å². The van der Waals surface area contributed by atoms with Crippen molar-refractivity contribution in [2.75, 3.05) is 13.6 Å². The molecule has 0 aromatic carbocycles. The van der Waals surface area contributed by atoms with E-state index in [1.165, 1.54) is 4.90 Å². The van der Waals surface area contributed by atoms with Gasteiger partial charge in [0, 0.05) is 13.6 Å². The molecular weight excluding hydrogens is 180 g/mol. The summed E-state index contributed by atoms with van der Waals surface area (Å²) in [5.74, 6) is -0.174. The minimum Gasteiger partial charge on any atom is -0.444 e. The second-order valence-corrected chi connectivity index (χ2v) is 4.39. The Labute approximate surface area is 85.5 Å². The number of carbonyl (C=O) groups excluding carboxylic acids is 1. The molecule has 0 fully saturated rings. The molecule has 0 aromatic heterocycles. The second kappa shape index (κ2) is 4.85. The van der Waals surface area contributed by atoms with Crippen molar-refractivity contribution in [3.05, 3.63) is 0 Å². The summed E-state index contributed by atoms with van der Waals surface area (Å²) in [6.45, 7) is 7.59. The van der Waals surface area contributed by atoms with Gasteiger partial charge in [0.25, 0.3) is 0 Å². The highest BCUT2D eigenvalue weighted by Crippen LogP contribution is 2.09. The summed E-state index contributed by atoms with van der Waals surface area (Å²) in [5.41, 5.74) is -0.485. The van der Waals surface area contributed by atoms with E-state index in [-0.39, 0.29) is 12.0 Å². The van der Waals surface area contributed by atoms with Gasteiger partial charge in [-0.05, 0) is 27.7 Å². The average molecular weight is 198 g/mol. The molecule has 0 spiro atoms. The van der Waals surface area contributed by atoms with E-state index >= 15 is 0 Å². The minimum absolute atomic E-state index is 0.174. The first-order valence-electron chi connectivity index (χ1n) is 4.60. The molecule has 0 aliphatic rings. The monoisotopic (exact) mass is 198 g/mol. The van der Waals surface area contributed by atoms with Crippen molar-refractivity contribution < 1.29 is 9.53 Å². The lowest BCUT2D eigenvalue weighted by Crippen LogP contribution is -2.36. The molecule has 1 atom stereocenters. The van der Waals surface area contributed by atoms with Crippen LogP contribution < -0.4 is 0 Å². The number of ether oxygens (including phenoxy) is 1. The number of carbonyl (C=O) groups is 1. The van der Waals surface area contributed by atoms with Crippen LogP contribution >= 0.6 is 0 Å².